The van der Waals surface area contributed by atoms with Gasteiger partial charge in [-0.25, -0.2) is 4.39 Å². The summed E-state index contributed by atoms with van der Waals surface area (Å²) in [4.78, 5) is 13.8. The second kappa shape index (κ2) is 9.47. The summed E-state index contributed by atoms with van der Waals surface area (Å²) < 4.78 is 29.0. The van der Waals surface area contributed by atoms with Gasteiger partial charge in [0.2, 0.25) is 5.91 Å². The van der Waals surface area contributed by atoms with Crippen molar-refractivity contribution in [2.24, 2.45) is 5.92 Å². The van der Waals surface area contributed by atoms with Crippen molar-refractivity contribution >= 4 is 5.91 Å². The van der Waals surface area contributed by atoms with E-state index in [1.165, 1.54) is 6.07 Å². The Morgan fingerprint density at radius 1 is 1.30 bits per heavy atom. The van der Waals surface area contributed by atoms with E-state index in [1.54, 1.807) is 25.3 Å². The van der Waals surface area contributed by atoms with Gasteiger partial charge in [-0.15, -0.1) is 0 Å². The van der Waals surface area contributed by atoms with Crippen LogP contribution in [0.25, 0.3) is 0 Å². The van der Waals surface area contributed by atoms with Crippen LogP contribution in [-0.2, 0) is 14.3 Å². The van der Waals surface area contributed by atoms with Gasteiger partial charge in [-0.05, 0) is 30.9 Å². The molecule has 1 aromatic rings. The largest absolute Gasteiger partial charge is 0.491 e. The number of para-hydroxylation sites is 1. The fourth-order valence-corrected chi connectivity index (χ4v) is 2.59. The number of hydrogen-bond acceptors (Lipinski definition) is 4. The maximum atomic E-state index is 13.4. The molecule has 0 aromatic heterocycles. The summed E-state index contributed by atoms with van der Waals surface area (Å²) in [5, 5.41) is 0. The third-order valence-corrected chi connectivity index (χ3v) is 3.92. The maximum Gasteiger partial charge on any atom is 0.248 e. The Balaban J connectivity index is 1.63. The van der Waals surface area contributed by atoms with E-state index < -0.39 is 0 Å². The molecule has 1 aliphatic heterocycles. The molecule has 0 bridgehead atoms. The molecule has 1 atom stereocenters. The van der Waals surface area contributed by atoms with Crippen LogP contribution in [-0.4, -0.2) is 57.4 Å². The average molecular weight is 325 g/mol. The molecule has 1 unspecified atom stereocenters. The first-order valence-corrected chi connectivity index (χ1v) is 7.92. The van der Waals surface area contributed by atoms with Crippen LogP contribution in [0.1, 0.15) is 12.8 Å². The molecular formula is C17H24FNO4. The Hall–Kier alpha value is -1.66. The molecule has 0 radical (unpaired) electrons. The zero-order valence-electron chi connectivity index (χ0n) is 13.5. The van der Waals surface area contributed by atoms with Crippen LogP contribution in [0.15, 0.2) is 24.3 Å². The van der Waals surface area contributed by atoms with Gasteiger partial charge in [-0.1, -0.05) is 12.1 Å². The fourth-order valence-electron chi connectivity index (χ4n) is 2.59. The normalized spacial score (nSPS) is 17.5. The van der Waals surface area contributed by atoms with Gasteiger partial charge in [0, 0.05) is 20.2 Å². The molecule has 5 nitrogen and oxygen atoms in total. The first-order valence-electron chi connectivity index (χ1n) is 7.92. The smallest absolute Gasteiger partial charge is 0.248 e. The molecule has 0 aliphatic carbocycles. The minimum Gasteiger partial charge on any atom is -0.491 e. The minimum absolute atomic E-state index is 0.0126. The lowest BCUT2D eigenvalue weighted by Gasteiger charge is -2.16. The van der Waals surface area contributed by atoms with Gasteiger partial charge in [0.25, 0.3) is 0 Å². The Morgan fingerprint density at radius 2 is 2.13 bits per heavy atom. The van der Waals surface area contributed by atoms with Gasteiger partial charge in [-0.3, -0.25) is 4.79 Å². The van der Waals surface area contributed by atoms with Crippen LogP contribution in [0.3, 0.4) is 0 Å². The molecule has 128 valence electrons. The molecule has 6 heteroatoms. The quantitative estimate of drug-likeness (QED) is 0.653. The number of rotatable bonds is 9. The van der Waals surface area contributed by atoms with Gasteiger partial charge >= 0.3 is 0 Å². The van der Waals surface area contributed by atoms with Gasteiger partial charge in [0.15, 0.2) is 11.6 Å². The molecule has 0 N–H and O–H groups in total. The second-order valence-corrected chi connectivity index (χ2v) is 5.61. The fraction of sp³-hybridized carbons (Fsp3) is 0.588. The number of carbonyl (C=O) groups excluding carboxylic acids is 1. The number of methoxy groups -OCH3 is 1. The van der Waals surface area contributed by atoms with E-state index in [9.17, 15) is 9.18 Å². The molecular weight excluding hydrogens is 301 g/mol. The third kappa shape index (κ3) is 5.80. The number of amides is 1. The lowest BCUT2D eigenvalue weighted by molar-refractivity contribution is -0.135. The van der Waals surface area contributed by atoms with E-state index in [1.807, 2.05) is 4.90 Å². The number of benzene rings is 1. The topological polar surface area (TPSA) is 48.0 Å². The standard InChI is InChI=1S/C17H24FNO4/c1-21-10-11-22-13-17(20)19-8-6-14(12-19)7-9-23-16-5-3-2-4-15(16)18/h2-5,14H,6-13H2,1H3. The minimum atomic E-state index is -0.344. The van der Waals surface area contributed by atoms with Crippen molar-refractivity contribution in [1.29, 1.82) is 0 Å². The number of likely N-dealkylation sites (tertiary alicyclic amines) is 1. The molecule has 1 amide bonds. The van der Waals surface area contributed by atoms with E-state index in [0.717, 1.165) is 19.4 Å². The predicted octanol–water partition coefficient (Wildman–Crippen LogP) is 2.11. The van der Waals surface area contributed by atoms with Crippen LogP contribution < -0.4 is 4.74 Å². The van der Waals surface area contributed by atoms with Crippen molar-refractivity contribution in [3.63, 3.8) is 0 Å². The number of hydrogen-bond donors (Lipinski definition) is 0. The van der Waals surface area contributed by atoms with Crippen LogP contribution >= 0.6 is 0 Å². The van der Waals surface area contributed by atoms with Crippen LogP contribution in [0.2, 0.25) is 0 Å². The van der Waals surface area contributed by atoms with E-state index >= 15 is 0 Å². The SMILES string of the molecule is COCCOCC(=O)N1CCC(CCOc2ccccc2F)C1. The first kappa shape index (κ1) is 17.7. The van der Waals surface area contributed by atoms with Crippen molar-refractivity contribution in [1.82, 2.24) is 4.90 Å². The van der Waals surface area contributed by atoms with Crippen molar-refractivity contribution in [2.75, 3.05) is 46.6 Å². The lowest BCUT2D eigenvalue weighted by Crippen LogP contribution is -2.32. The Kier molecular flexibility index (Phi) is 7.29. The molecule has 1 heterocycles. The molecule has 2 rings (SSSR count). The molecule has 1 saturated heterocycles. The van der Waals surface area contributed by atoms with Crippen LogP contribution in [0.5, 0.6) is 5.75 Å². The maximum absolute atomic E-state index is 13.4. The predicted molar refractivity (Wildman–Crippen MR) is 83.9 cm³/mol. The third-order valence-electron chi connectivity index (χ3n) is 3.92. The molecule has 0 saturated carbocycles. The van der Waals surface area contributed by atoms with Gasteiger partial charge < -0.3 is 19.1 Å². The van der Waals surface area contributed by atoms with Crippen molar-refractivity contribution in [3.8, 4) is 5.75 Å². The molecule has 1 aromatic carbocycles. The molecule has 1 aliphatic rings. The summed E-state index contributed by atoms with van der Waals surface area (Å²) in [5.41, 5.74) is 0. The Morgan fingerprint density at radius 3 is 2.91 bits per heavy atom. The van der Waals surface area contributed by atoms with Crippen LogP contribution in [0.4, 0.5) is 4.39 Å². The summed E-state index contributed by atoms with van der Waals surface area (Å²) in [7, 11) is 1.60. The van der Waals surface area contributed by atoms with Crippen LogP contribution in [0, 0.1) is 11.7 Å². The lowest BCUT2D eigenvalue weighted by atomic mass is 10.1. The number of nitrogens with zero attached hydrogens (tertiary/aromatic N) is 1. The Labute approximate surface area is 136 Å². The highest BCUT2D eigenvalue weighted by atomic mass is 19.1. The molecule has 23 heavy (non-hydrogen) atoms. The number of carbonyl (C=O) groups is 1. The van der Waals surface area contributed by atoms with Gasteiger partial charge in [-0.2, -0.15) is 0 Å². The monoisotopic (exact) mass is 325 g/mol. The van der Waals surface area contributed by atoms with Gasteiger partial charge in [0.05, 0.1) is 19.8 Å². The second-order valence-electron chi connectivity index (χ2n) is 5.61. The van der Waals surface area contributed by atoms with Crippen molar-refractivity contribution in [2.45, 2.75) is 12.8 Å². The average Bonchev–Trinajstić information content (AvgIpc) is 3.02. The van der Waals surface area contributed by atoms with Crippen molar-refractivity contribution < 1.29 is 23.4 Å². The summed E-state index contributed by atoms with van der Waals surface area (Å²) in [6.45, 7) is 2.93. The van der Waals surface area contributed by atoms with Gasteiger partial charge in [0.1, 0.15) is 6.61 Å². The highest BCUT2D eigenvalue weighted by molar-refractivity contribution is 5.77. The van der Waals surface area contributed by atoms with Crippen molar-refractivity contribution in [3.05, 3.63) is 30.1 Å². The van der Waals surface area contributed by atoms with E-state index in [2.05, 4.69) is 0 Å². The Bertz CT molecular complexity index is 497. The summed E-state index contributed by atoms with van der Waals surface area (Å²) in [6.07, 6.45) is 1.76. The highest BCUT2D eigenvalue weighted by Gasteiger charge is 2.26. The summed E-state index contributed by atoms with van der Waals surface area (Å²) in [6, 6.07) is 6.39. The summed E-state index contributed by atoms with van der Waals surface area (Å²) in [5.74, 6) is 0.345. The first-order chi connectivity index (χ1) is 11.2. The number of halogens is 1. The molecule has 0 spiro atoms. The number of ether oxygens (including phenoxy) is 3. The zero-order valence-corrected chi connectivity index (χ0v) is 13.5. The van der Waals surface area contributed by atoms with E-state index in [-0.39, 0.29) is 24.1 Å². The summed E-state index contributed by atoms with van der Waals surface area (Å²) >= 11 is 0. The van der Waals surface area contributed by atoms with E-state index in [0.29, 0.717) is 32.3 Å². The highest BCUT2D eigenvalue weighted by Crippen LogP contribution is 2.21. The van der Waals surface area contributed by atoms with E-state index in [4.69, 9.17) is 14.2 Å². The zero-order chi connectivity index (χ0) is 16.5. The molecule has 1 fully saturated rings.